The average molecular weight is 344 g/mol. The molecule has 0 aromatic heterocycles. The van der Waals surface area contributed by atoms with Gasteiger partial charge in [-0.3, -0.25) is 4.55 Å². The lowest BCUT2D eigenvalue weighted by Gasteiger charge is -2.37. The number of nitriles is 1. The molecule has 3 rings (SSSR count). The summed E-state index contributed by atoms with van der Waals surface area (Å²) in [6.07, 6.45) is 0. The van der Waals surface area contributed by atoms with Crippen molar-refractivity contribution in [1.82, 2.24) is 0 Å². The lowest BCUT2D eigenvalue weighted by molar-refractivity contribution is -0.0406. The summed E-state index contributed by atoms with van der Waals surface area (Å²) in [4.78, 5) is 0. The quantitative estimate of drug-likeness (QED) is 0.812. The molecule has 24 heavy (non-hydrogen) atoms. The van der Waals surface area contributed by atoms with Gasteiger partial charge < -0.3 is 10.1 Å². The van der Waals surface area contributed by atoms with Crippen molar-refractivity contribution in [3.63, 3.8) is 0 Å². The van der Waals surface area contributed by atoms with Crippen LogP contribution in [0.1, 0.15) is 25.0 Å². The van der Waals surface area contributed by atoms with Gasteiger partial charge in [-0.25, -0.2) is 0 Å². The largest absolute Gasteiger partial charge is 0.345 e. The highest BCUT2D eigenvalue weighted by atomic mass is 32.2. The number of hydrogen-bond donors (Lipinski definition) is 2. The van der Waals surface area contributed by atoms with Crippen molar-refractivity contribution in [2.24, 2.45) is 0 Å². The first-order valence-corrected chi connectivity index (χ1v) is 8.77. The number of ether oxygens (including phenoxy) is 1. The number of nitrogens with zero attached hydrogens (tertiary/aromatic N) is 1. The highest BCUT2D eigenvalue weighted by molar-refractivity contribution is 7.86. The third-order valence-electron chi connectivity index (χ3n) is 3.97. The predicted molar refractivity (Wildman–Crippen MR) is 89.7 cm³/mol. The Morgan fingerprint density at radius 2 is 1.96 bits per heavy atom. The van der Waals surface area contributed by atoms with Crippen LogP contribution < -0.4 is 5.32 Å². The van der Waals surface area contributed by atoms with E-state index >= 15 is 0 Å². The van der Waals surface area contributed by atoms with Crippen LogP contribution in [0, 0.1) is 11.3 Å². The van der Waals surface area contributed by atoms with Crippen molar-refractivity contribution in [3.8, 4) is 17.2 Å². The Bertz CT molecular complexity index is 945. The predicted octanol–water partition coefficient (Wildman–Crippen LogP) is 3.07. The van der Waals surface area contributed by atoms with E-state index in [-0.39, 0.29) is 0 Å². The van der Waals surface area contributed by atoms with Gasteiger partial charge in [0.1, 0.15) is 0 Å². The molecule has 1 aliphatic rings. The number of fused-ring (bicyclic) bond motifs is 1. The molecule has 2 aromatic carbocycles. The van der Waals surface area contributed by atoms with Gasteiger partial charge in [0.05, 0.1) is 17.2 Å². The molecule has 0 saturated heterocycles. The van der Waals surface area contributed by atoms with Crippen molar-refractivity contribution in [2.45, 2.75) is 25.0 Å². The average Bonchev–Trinajstić information content (AvgIpc) is 2.53. The number of anilines is 1. The Balaban J connectivity index is 2.11. The van der Waals surface area contributed by atoms with Crippen LogP contribution in [0.15, 0.2) is 42.5 Å². The molecule has 0 fully saturated rings. The van der Waals surface area contributed by atoms with Crippen molar-refractivity contribution < 1.29 is 17.7 Å². The second kappa shape index (κ2) is 5.60. The maximum absolute atomic E-state index is 11.4. The molecular weight excluding hydrogens is 328 g/mol. The fourth-order valence-corrected chi connectivity index (χ4v) is 3.43. The molecule has 0 amide bonds. The Morgan fingerprint density at radius 1 is 1.25 bits per heavy atom. The topological polar surface area (TPSA) is 99.4 Å². The smallest absolute Gasteiger partial charge is 0.312 e. The van der Waals surface area contributed by atoms with E-state index in [2.05, 4.69) is 11.4 Å². The zero-order chi connectivity index (χ0) is 17.5. The summed E-state index contributed by atoms with van der Waals surface area (Å²) < 4.78 is 37.5. The van der Waals surface area contributed by atoms with Crippen LogP contribution in [0.4, 0.5) is 5.69 Å². The molecule has 124 valence electrons. The molecule has 0 radical (unpaired) electrons. The molecule has 0 spiro atoms. The summed E-state index contributed by atoms with van der Waals surface area (Å²) in [6.45, 7) is 3.45. The van der Waals surface area contributed by atoms with Gasteiger partial charge in [-0.1, -0.05) is 24.3 Å². The Morgan fingerprint density at radius 3 is 2.62 bits per heavy atom. The summed E-state index contributed by atoms with van der Waals surface area (Å²) in [5.74, 6) is 0. The molecule has 2 N–H and O–H groups in total. The maximum Gasteiger partial charge on any atom is 0.312 e. The van der Waals surface area contributed by atoms with E-state index in [1.165, 1.54) is 0 Å². The molecule has 7 heteroatoms. The first-order chi connectivity index (χ1) is 11.2. The van der Waals surface area contributed by atoms with Crippen LogP contribution >= 0.6 is 0 Å². The molecule has 0 bridgehead atoms. The van der Waals surface area contributed by atoms with Crippen LogP contribution in [-0.4, -0.2) is 18.5 Å². The molecule has 1 unspecified atom stereocenters. The lowest BCUT2D eigenvalue weighted by Crippen LogP contribution is -2.43. The maximum atomic E-state index is 11.4. The third-order valence-corrected chi connectivity index (χ3v) is 4.73. The van der Waals surface area contributed by atoms with Gasteiger partial charge in [0, 0.05) is 11.3 Å². The summed E-state index contributed by atoms with van der Waals surface area (Å²) in [7, 11) is -4.39. The summed E-state index contributed by atoms with van der Waals surface area (Å²) in [5, 5.41) is 11.9. The molecule has 1 heterocycles. The summed E-state index contributed by atoms with van der Waals surface area (Å²) >= 11 is 0. The van der Waals surface area contributed by atoms with Gasteiger partial charge >= 0.3 is 10.1 Å². The zero-order valence-corrected chi connectivity index (χ0v) is 14.0. The summed E-state index contributed by atoms with van der Waals surface area (Å²) in [6, 6.07) is 14.8. The van der Waals surface area contributed by atoms with Gasteiger partial charge in [-0.2, -0.15) is 13.7 Å². The van der Waals surface area contributed by atoms with Gasteiger partial charge in [0.15, 0.2) is 0 Å². The highest BCUT2D eigenvalue weighted by Crippen LogP contribution is 2.40. The SMILES string of the molecule is CC1(C)OC(S(=O)(=O)O)Nc2ccc(-c3ccccc3C#N)cc21. The number of benzene rings is 2. The third kappa shape index (κ3) is 2.87. The Kier molecular flexibility index (Phi) is 3.84. The molecule has 1 atom stereocenters. The number of nitrogens with one attached hydrogen (secondary N) is 1. The van der Waals surface area contributed by atoms with E-state index in [1.807, 2.05) is 18.2 Å². The fourth-order valence-electron chi connectivity index (χ4n) is 2.79. The fraction of sp³-hybridized carbons (Fsp3) is 0.235. The minimum Gasteiger partial charge on any atom is -0.345 e. The Labute approximate surface area is 140 Å². The monoisotopic (exact) mass is 344 g/mol. The minimum atomic E-state index is -4.39. The lowest BCUT2D eigenvalue weighted by atomic mass is 9.90. The van der Waals surface area contributed by atoms with Crippen LogP contribution in [0.25, 0.3) is 11.1 Å². The van der Waals surface area contributed by atoms with E-state index in [4.69, 9.17) is 4.74 Å². The molecule has 2 aromatic rings. The Hall–Kier alpha value is -2.40. The second-order valence-corrected chi connectivity index (χ2v) is 7.50. The van der Waals surface area contributed by atoms with E-state index < -0.39 is 21.3 Å². The van der Waals surface area contributed by atoms with Gasteiger partial charge in [0.2, 0.25) is 0 Å². The van der Waals surface area contributed by atoms with E-state index in [0.29, 0.717) is 11.3 Å². The first-order valence-electron chi connectivity index (χ1n) is 7.27. The van der Waals surface area contributed by atoms with Crippen molar-refractivity contribution in [3.05, 3.63) is 53.6 Å². The van der Waals surface area contributed by atoms with E-state index in [1.54, 1.807) is 38.1 Å². The summed E-state index contributed by atoms with van der Waals surface area (Å²) in [5.41, 5.74) is 1.02. The minimum absolute atomic E-state index is 0.552. The molecule has 6 nitrogen and oxygen atoms in total. The van der Waals surface area contributed by atoms with Crippen LogP contribution in [0.5, 0.6) is 0 Å². The normalized spacial score (nSPS) is 19.0. The van der Waals surface area contributed by atoms with Crippen LogP contribution in [-0.2, 0) is 20.5 Å². The van der Waals surface area contributed by atoms with Crippen LogP contribution in [0.2, 0.25) is 0 Å². The molecule has 0 saturated carbocycles. The van der Waals surface area contributed by atoms with E-state index in [0.717, 1.165) is 16.7 Å². The van der Waals surface area contributed by atoms with Crippen molar-refractivity contribution in [1.29, 1.82) is 5.26 Å². The standard InChI is InChI=1S/C17H16N2O4S/c1-17(2)14-9-11(13-6-4-3-5-12(13)10-18)7-8-15(14)19-16(23-17)24(20,21)22/h3-9,16,19H,1-2H3,(H,20,21,22). The number of hydrogen-bond acceptors (Lipinski definition) is 5. The van der Waals surface area contributed by atoms with Gasteiger partial charge in [-0.05, 0) is 43.2 Å². The highest BCUT2D eigenvalue weighted by Gasteiger charge is 2.39. The van der Waals surface area contributed by atoms with E-state index in [9.17, 15) is 18.2 Å². The zero-order valence-electron chi connectivity index (χ0n) is 13.1. The van der Waals surface area contributed by atoms with Crippen LogP contribution in [0.3, 0.4) is 0 Å². The molecule has 1 aliphatic heterocycles. The molecular formula is C17H16N2O4S. The van der Waals surface area contributed by atoms with Gasteiger partial charge in [-0.15, -0.1) is 0 Å². The second-order valence-electron chi connectivity index (χ2n) is 6.04. The molecule has 0 aliphatic carbocycles. The number of rotatable bonds is 2. The van der Waals surface area contributed by atoms with Gasteiger partial charge in [0.25, 0.3) is 5.56 Å². The first kappa shape index (κ1) is 16.5. The van der Waals surface area contributed by atoms with Crippen molar-refractivity contribution >= 4 is 15.8 Å². The van der Waals surface area contributed by atoms with Crippen molar-refractivity contribution in [2.75, 3.05) is 5.32 Å².